The van der Waals surface area contributed by atoms with Gasteiger partial charge in [0.05, 0.1) is 5.39 Å². The lowest BCUT2D eigenvalue weighted by atomic mass is 10.1. The van der Waals surface area contributed by atoms with E-state index in [1.165, 1.54) is 24.5 Å². The van der Waals surface area contributed by atoms with Crippen LogP contribution >= 0.6 is 15.9 Å². The Bertz CT molecular complexity index is 1240. The molecule has 1 N–H and O–H groups in total. The van der Waals surface area contributed by atoms with Gasteiger partial charge in [0, 0.05) is 10.5 Å². The van der Waals surface area contributed by atoms with Crippen molar-refractivity contribution >= 4 is 39.0 Å². The molecule has 3 aromatic rings. The lowest BCUT2D eigenvalue weighted by Gasteiger charge is -2.24. The minimum atomic E-state index is -0.931. The summed E-state index contributed by atoms with van der Waals surface area (Å²) in [5.74, 6) is -0.244. The molecule has 0 unspecified atom stereocenters. The molecule has 0 spiro atoms. The van der Waals surface area contributed by atoms with Crippen LogP contribution in [0.3, 0.4) is 0 Å². The number of rotatable bonds is 6. The number of fused-ring (bicyclic) bond motifs is 1. The zero-order valence-electron chi connectivity index (χ0n) is 19.5. The molecule has 1 atom stereocenters. The summed E-state index contributed by atoms with van der Waals surface area (Å²) in [7, 11) is 0. The first-order valence-electron chi connectivity index (χ1n) is 10.6. The number of halogens is 1. The Balaban J connectivity index is 1.76. The molecule has 0 aliphatic carbocycles. The Hall–Kier alpha value is -3.33. The quantitative estimate of drug-likeness (QED) is 0.316. The molecule has 2 aromatic carbocycles. The third-order valence-corrected chi connectivity index (χ3v) is 5.10. The molecular weight excluding hydrogens is 506 g/mol. The molecule has 0 aliphatic rings. The van der Waals surface area contributed by atoms with E-state index in [9.17, 15) is 14.4 Å². The molecule has 3 rings (SSSR count). The van der Waals surface area contributed by atoms with Gasteiger partial charge in [-0.15, -0.1) is 0 Å². The molecule has 0 bridgehead atoms. The molecule has 0 fully saturated rings. The largest absolute Gasteiger partial charge is 0.460 e. The predicted molar refractivity (Wildman–Crippen MR) is 130 cm³/mol. The fourth-order valence-corrected chi connectivity index (χ4v) is 3.23. The summed E-state index contributed by atoms with van der Waals surface area (Å²) in [4.78, 5) is 37.7. The highest BCUT2D eigenvalue weighted by Gasteiger charge is 2.28. The van der Waals surface area contributed by atoms with Crippen molar-refractivity contribution in [2.75, 3.05) is 0 Å². The summed E-state index contributed by atoms with van der Waals surface area (Å²) < 4.78 is 22.7. The van der Waals surface area contributed by atoms with Gasteiger partial charge < -0.3 is 23.9 Å². The molecule has 9 heteroatoms. The van der Waals surface area contributed by atoms with E-state index in [0.29, 0.717) is 5.75 Å². The Morgan fingerprint density at radius 1 is 1.03 bits per heavy atom. The van der Waals surface area contributed by atoms with Crippen molar-refractivity contribution in [2.45, 2.75) is 46.3 Å². The predicted octanol–water partition coefficient (Wildman–Crippen LogP) is 5.80. The number of amides is 1. The molecule has 8 nitrogen and oxygen atoms in total. The van der Waals surface area contributed by atoms with Gasteiger partial charge in [0.15, 0.2) is 0 Å². The molecule has 0 saturated carbocycles. The third kappa shape index (κ3) is 6.60. The SMILES string of the molecule is CC(C)[C@H](NC(=O)OC(C)(C)C)C(=O)Oc1ccc2c(=O)c(Oc3ccc(Br)cc3)coc2c1. The van der Waals surface area contributed by atoms with Crippen LogP contribution in [0.25, 0.3) is 11.0 Å². The first kappa shape index (κ1) is 25.3. The lowest BCUT2D eigenvalue weighted by molar-refractivity contribution is -0.137. The number of carbonyl (C=O) groups is 2. The van der Waals surface area contributed by atoms with Crippen LogP contribution in [0.4, 0.5) is 4.79 Å². The monoisotopic (exact) mass is 531 g/mol. The summed E-state index contributed by atoms with van der Waals surface area (Å²) in [6, 6.07) is 10.5. The smallest absolute Gasteiger partial charge is 0.408 e. The summed E-state index contributed by atoms with van der Waals surface area (Å²) in [5, 5.41) is 2.81. The van der Waals surface area contributed by atoms with Crippen molar-refractivity contribution in [3.8, 4) is 17.2 Å². The van der Waals surface area contributed by atoms with Crippen LogP contribution in [0.2, 0.25) is 0 Å². The van der Waals surface area contributed by atoms with Gasteiger partial charge in [-0.05, 0) is 63.1 Å². The number of carbonyl (C=O) groups excluding carboxylic acids is 2. The highest BCUT2D eigenvalue weighted by Crippen LogP contribution is 2.25. The van der Waals surface area contributed by atoms with Crippen LogP contribution in [0.5, 0.6) is 17.2 Å². The van der Waals surface area contributed by atoms with Crippen LogP contribution in [0, 0.1) is 5.92 Å². The summed E-state index contributed by atoms with van der Waals surface area (Å²) in [5.41, 5.74) is -0.848. The second kappa shape index (κ2) is 10.3. The fraction of sp³-hybridized carbons (Fsp3) is 0.320. The number of alkyl carbamates (subject to hydrolysis) is 1. The second-order valence-corrected chi connectivity index (χ2v) is 9.85. The maximum atomic E-state index is 12.8. The van der Waals surface area contributed by atoms with Gasteiger partial charge in [-0.1, -0.05) is 29.8 Å². The van der Waals surface area contributed by atoms with Crippen LogP contribution in [-0.4, -0.2) is 23.7 Å². The van der Waals surface area contributed by atoms with Gasteiger partial charge in [-0.25, -0.2) is 9.59 Å². The van der Waals surface area contributed by atoms with Gasteiger partial charge in [-0.2, -0.15) is 0 Å². The van der Waals surface area contributed by atoms with Gasteiger partial charge in [0.1, 0.15) is 35.0 Å². The average Bonchev–Trinajstić information content (AvgIpc) is 2.74. The van der Waals surface area contributed by atoms with E-state index in [2.05, 4.69) is 21.2 Å². The van der Waals surface area contributed by atoms with E-state index in [4.69, 9.17) is 18.6 Å². The normalized spacial score (nSPS) is 12.3. The van der Waals surface area contributed by atoms with Crippen molar-refractivity contribution in [3.63, 3.8) is 0 Å². The molecule has 0 saturated heterocycles. The summed E-state index contributed by atoms with van der Waals surface area (Å²) in [6.07, 6.45) is 0.491. The average molecular weight is 532 g/mol. The van der Waals surface area contributed by atoms with Gasteiger partial charge in [-0.3, -0.25) is 4.79 Å². The highest BCUT2D eigenvalue weighted by molar-refractivity contribution is 9.10. The van der Waals surface area contributed by atoms with E-state index in [1.807, 2.05) is 0 Å². The molecule has 1 heterocycles. The maximum absolute atomic E-state index is 12.8. The van der Waals surface area contributed by atoms with Crippen molar-refractivity contribution < 1.29 is 28.2 Å². The van der Waals surface area contributed by atoms with E-state index >= 15 is 0 Å². The van der Waals surface area contributed by atoms with E-state index in [-0.39, 0.29) is 33.8 Å². The number of nitrogens with one attached hydrogen (secondary N) is 1. The van der Waals surface area contributed by atoms with Gasteiger partial charge in [0.2, 0.25) is 11.2 Å². The van der Waals surface area contributed by atoms with Crippen LogP contribution in [-0.2, 0) is 9.53 Å². The topological polar surface area (TPSA) is 104 Å². The Morgan fingerprint density at radius 2 is 1.68 bits per heavy atom. The Morgan fingerprint density at radius 3 is 2.29 bits per heavy atom. The molecule has 34 heavy (non-hydrogen) atoms. The van der Waals surface area contributed by atoms with Crippen LogP contribution < -0.4 is 20.2 Å². The number of esters is 1. The standard InChI is InChI=1S/C25H26BrNO7/c1-14(2)21(27-24(30)34-25(3,4)5)23(29)33-17-10-11-18-19(12-17)31-13-20(22(18)28)32-16-8-6-15(26)7-9-16/h6-14,21H,1-5H3,(H,27,30)/t21-/m0/s1. The molecule has 1 aromatic heterocycles. The Kier molecular flexibility index (Phi) is 7.66. The number of ether oxygens (including phenoxy) is 3. The maximum Gasteiger partial charge on any atom is 0.408 e. The first-order chi connectivity index (χ1) is 15.9. The Labute approximate surface area is 205 Å². The minimum absolute atomic E-state index is 0.0287. The van der Waals surface area contributed by atoms with Crippen molar-refractivity contribution in [3.05, 3.63) is 63.4 Å². The molecule has 0 radical (unpaired) electrons. The molecule has 180 valence electrons. The van der Waals surface area contributed by atoms with Crippen LogP contribution in [0.1, 0.15) is 34.6 Å². The molecule has 1 amide bonds. The summed E-state index contributed by atoms with van der Waals surface area (Å²) >= 11 is 3.34. The van der Waals surface area contributed by atoms with Crippen LogP contribution in [0.15, 0.2) is 62.4 Å². The number of benzene rings is 2. The van der Waals surface area contributed by atoms with E-state index in [0.717, 1.165) is 4.47 Å². The number of hydrogen-bond acceptors (Lipinski definition) is 7. The molecular formula is C25H26BrNO7. The third-order valence-electron chi connectivity index (χ3n) is 4.57. The first-order valence-corrected chi connectivity index (χ1v) is 11.4. The summed E-state index contributed by atoms with van der Waals surface area (Å²) in [6.45, 7) is 8.74. The van der Waals surface area contributed by atoms with E-state index < -0.39 is 23.7 Å². The van der Waals surface area contributed by atoms with Crippen molar-refractivity contribution in [1.29, 1.82) is 0 Å². The van der Waals surface area contributed by atoms with Gasteiger partial charge in [0.25, 0.3) is 0 Å². The van der Waals surface area contributed by atoms with E-state index in [1.54, 1.807) is 58.9 Å². The van der Waals surface area contributed by atoms with Crippen molar-refractivity contribution in [1.82, 2.24) is 5.32 Å². The zero-order chi connectivity index (χ0) is 25.0. The zero-order valence-corrected chi connectivity index (χ0v) is 21.1. The highest BCUT2D eigenvalue weighted by atomic mass is 79.9. The van der Waals surface area contributed by atoms with Crippen molar-refractivity contribution in [2.24, 2.45) is 5.92 Å². The fourth-order valence-electron chi connectivity index (χ4n) is 2.97. The molecule has 0 aliphatic heterocycles. The minimum Gasteiger partial charge on any atom is -0.460 e. The lowest BCUT2D eigenvalue weighted by Crippen LogP contribution is -2.48. The number of hydrogen-bond donors (Lipinski definition) is 1. The van der Waals surface area contributed by atoms with Gasteiger partial charge >= 0.3 is 12.1 Å². The second-order valence-electron chi connectivity index (χ2n) is 8.93.